The van der Waals surface area contributed by atoms with Gasteiger partial charge in [-0.15, -0.1) is 0 Å². The van der Waals surface area contributed by atoms with E-state index in [4.69, 9.17) is 4.74 Å². The van der Waals surface area contributed by atoms with Crippen LogP contribution in [0.25, 0.3) is 11.0 Å². The molecule has 0 unspecified atom stereocenters. The van der Waals surface area contributed by atoms with Gasteiger partial charge >= 0.3 is 0 Å². The number of carbonyl (C=O) groups excluding carboxylic acids is 1. The molecule has 0 saturated heterocycles. The van der Waals surface area contributed by atoms with Crippen LogP contribution in [0.3, 0.4) is 0 Å². The van der Waals surface area contributed by atoms with Crippen LogP contribution in [0.5, 0.6) is 5.75 Å². The molecule has 3 aromatic rings. The summed E-state index contributed by atoms with van der Waals surface area (Å²) < 4.78 is 5.15. The van der Waals surface area contributed by atoms with E-state index in [0.29, 0.717) is 11.3 Å². The average molecular weight is 306 g/mol. The predicted molar refractivity (Wildman–Crippen MR) is 87.6 cm³/mol. The molecule has 23 heavy (non-hydrogen) atoms. The number of nitrogens with zero attached hydrogens (tertiary/aromatic N) is 3. The van der Waals surface area contributed by atoms with Gasteiger partial charge in [-0.1, -0.05) is 18.2 Å². The van der Waals surface area contributed by atoms with Crippen molar-refractivity contribution in [2.75, 3.05) is 7.11 Å². The summed E-state index contributed by atoms with van der Waals surface area (Å²) in [5.41, 5.74) is 5.31. The molecule has 1 aromatic heterocycles. The Bertz CT molecular complexity index is 877. The Kier molecular flexibility index (Phi) is 4.24. The molecule has 0 spiro atoms. The number of nitrogens with one attached hydrogen (secondary N) is 1. The van der Waals surface area contributed by atoms with Crippen molar-refractivity contribution in [1.82, 2.24) is 15.4 Å². The van der Waals surface area contributed by atoms with Gasteiger partial charge in [-0.05, 0) is 29.8 Å². The van der Waals surface area contributed by atoms with Crippen molar-refractivity contribution in [3.63, 3.8) is 0 Å². The van der Waals surface area contributed by atoms with E-state index in [-0.39, 0.29) is 5.91 Å². The third-order valence-corrected chi connectivity index (χ3v) is 3.22. The van der Waals surface area contributed by atoms with Crippen molar-refractivity contribution in [1.29, 1.82) is 0 Å². The Balaban J connectivity index is 1.73. The highest BCUT2D eigenvalue weighted by atomic mass is 16.5. The smallest absolute Gasteiger partial charge is 0.275 e. The number of amides is 1. The summed E-state index contributed by atoms with van der Waals surface area (Å²) in [6.45, 7) is 0. The first-order valence-corrected chi connectivity index (χ1v) is 6.95. The lowest BCUT2D eigenvalue weighted by molar-refractivity contribution is 0.0952. The highest BCUT2D eigenvalue weighted by Gasteiger charge is 2.09. The molecule has 0 fully saturated rings. The number of hydrazone groups is 1. The number of hydrogen-bond acceptors (Lipinski definition) is 5. The van der Waals surface area contributed by atoms with Crippen molar-refractivity contribution in [2.24, 2.45) is 5.10 Å². The zero-order valence-corrected chi connectivity index (χ0v) is 12.4. The van der Waals surface area contributed by atoms with E-state index in [2.05, 4.69) is 20.5 Å². The minimum Gasteiger partial charge on any atom is -0.496 e. The largest absolute Gasteiger partial charge is 0.496 e. The normalized spacial score (nSPS) is 10.8. The minimum absolute atomic E-state index is 0.334. The van der Waals surface area contributed by atoms with Crippen LogP contribution in [0, 0.1) is 0 Å². The molecule has 0 aliphatic carbocycles. The monoisotopic (exact) mass is 306 g/mol. The summed E-state index contributed by atoms with van der Waals surface area (Å²) in [7, 11) is 1.52. The average Bonchev–Trinajstić information content (AvgIpc) is 2.61. The second kappa shape index (κ2) is 6.65. The van der Waals surface area contributed by atoms with Gasteiger partial charge in [-0.3, -0.25) is 14.8 Å². The SMILES string of the molecule is COc1ccccc1C(=O)N/N=C/c1ccc2nccnc2c1. The molecule has 0 atom stereocenters. The highest BCUT2D eigenvalue weighted by Crippen LogP contribution is 2.16. The number of para-hydroxylation sites is 1. The summed E-state index contributed by atoms with van der Waals surface area (Å²) >= 11 is 0. The van der Waals surface area contributed by atoms with Gasteiger partial charge in [-0.25, -0.2) is 5.43 Å². The van der Waals surface area contributed by atoms with Gasteiger partial charge in [0.05, 0.1) is 29.9 Å². The van der Waals surface area contributed by atoms with Gasteiger partial charge < -0.3 is 4.74 Å². The van der Waals surface area contributed by atoms with Crippen molar-refractivity contribution in [3.8, 4) is 5.75 Å². The topological polar surface area (TPSA) is 76.5 Å². The molecular formula is C17H14N4O2. The summed E-state index contributed by atoms with van der Waals surface area (Å²) in [4.78, 5) is 20.5. The maximum atomic E-state index is 12.1. The molecule has 2 aromatic carbocycles. The van der Waals surface area contributed by atoms with Gasteiger partial charge in [0.2, 0.25) is 0 Å². The van der Waals surface area contributed by atoms with Crippen molar-refractivity contribution >= 4 is 23.2 Å². The number of methoxy groups -OCH3 is 1. The molecule has 1 amide bonds. The van der Waals surface area contributed by atoms with Crippen LogP contribution in [-0.2, 0) is 0 Å². The number of benzene rings is 2. The summed E-state index contributed by atoms with van der Waals surface area (Å²) in [5, 5.41) is 3.97. The molecule has 0 aliphatic rings. The van der Waals surface area contributed by atoms with Crippen molar-refractivity contribution < 1.29 is 9.53 Å². The second-order valence-corrected chi connectivity index (χ2v) is 4.70. The molecule has 0 aliphatic heterocycles. The third kappa shape index (κ3) is 3.32. The van der Waals surface area contributed by atoms with Gasteiger partial charge in [0.15, 0.2) is 0 Å². The Morgan fingerprint density at radius 1 is 1.13 bits per heavy atom. The molecule has 3 rings (SSSR count). The summed E-state index contributed by atoms with van der Waals surface area (Å²) in [6, 6.07) is 12.5. The first-order chi connectivity index (χ1) is 11.3. The van der Waals surface area contributed by atoms with E-state index in [0.717, 1.165) is 16.6 Å². The highest BCUT2D eigenvalue weighted by molar-refractivity contribution is 5.97. The fraction of sp³-hybridized carbons (Fsp3) is 0.0588. The van der Waals surface area contributed by atoms with Gasteiger partial charge in [0.1, 0.15) is 5.75 Å². The van der Waals surface area contributed by atoms with E-state index in [1.807, 2.05) is 18.2 Å². The first-order valence-electron chi connectivity index (χ1n) is 6.95. The maximum Gasteiger partial charge on any atom is 0.275 e. The van der Waals surface area contributed by atoms with E-state index >= 15 is 0 Å². The van der Waals surface area contributed by atoms with Gasteiger partial charge in [0.25, 0.3) is 5.91 Å². The minimum atomic E-state index is -0.334. The Hall–Kier alpha value is -3.28. The van der Waals surface area contributed by atoms with Gasteiger partial charge in [0, 0.05) is 12.4 Å². The van der Waals surface area contributed by atoms with E-state index < -0.39 is 0 Å². The van der Waals surface area contributed by atoms with Crippen LogP contribution in [0.15, 0.2) is 60.0 Å². The maximum absolute atomic E-state index is 12.1. The Labute approximate surface area is 132 Å². The molecule has 0 saturated carbocycles. The molecule has 0 radical (unpaired) electrons. The van der Waals surface area contributed by atoms with Crippen molar-refractivity contribution in [2.45, 2.75) is 0 Å². The Morgan fingerprint density at radius 2 is 1.91 bits per heavy atom. The van der Waals surface area contributed by atoms with Gasteiger partial charge in [-0.2, -0.15) is 5.10 Å². The fourth-order valence-electron chi connectivity index (χ4n) is 2.12. The zero-order valence-electron chi connectivity index (χ0n) is 12.4. The van der Waals surface area contributed by atoms with E-state index in [1.54, 1.807) is 42.9 Å². The number of aromatic nitrogens is 2. The zero-order chi connectivity index (χ0) is 16.1. The quantitative estimate of drug-likeness (QED) is 0.593. The molecule has 6 nitrogen and oxygen atoms in total. The standard InChI is InChI=1S/C17H14N4O2/c1-23-16-5-3-2-4-13(16)17(22)21-20-11-12-6-7-14-15(10-12)19-9-8-18-14/h2-11H,1H3,(H,21,22)/b20-11+. The first kappa shape index (κ1) is 14.6. The Morgan fingerprint density at radius 3 is 2.74 bits per heavy atom. The molecule has 1 heterocycles. The summed E-state index contributed by atoms with van der Waals surface area (Å²) in [5.74, 6) is 0.167. The van der Waals surface area contributed by atoms with Crippen LogP contribution in [0.4, 0.5) is 0 Å². The predicted octanol–water partition coefficient (Wildman–Crippen LogP) is 2.40. The summed E-state index contributed by atoms with van der Waals surface area (Å²) in [6.07, 6.45) is 4.83. The van der Waals surface area contributed by atoms with E-state index in [1.165, 1.54) is 7.11 Å². The van der Waals surface area contributed by atoms with Crippen LogP contribution < -0.4 is 10.2 Å². The fourth-order valence-corrected chi connectivity index (χ4v) is 2.12. The molecule has 114 valence electrons. The lowest BCUT2D eigenvalue weighted by atomic mass is 10.2. The van der Waals surface area contributed by atoms with Crippen LogP contribution in [0.1, 0.15) is 15.9 Å². The van der Waals surface area contributed by atoms with Crippen molar-refractivity contribution in [3.05, 3.63) is 66.0 Å². The molecule has 6 heteroatoms. The lowest BCUT2D eigenvalue weighted by Crippen LogP contribution is -2.18. The third-order valence-electron chi connectivity index (χ3n) is 3.22. The molecule has 1 N–H and O–H groups in total. The number of carbonyl (C=O) groups is 1. The number of ether oxygens (including phenoxy) is 1. The van der Waals surface area contributed by atoms with Crippen LogP contribution in [-0.4, -0.2) is 29.2 Å². The van der Waals surface area contributed by atoms with Crippen LogP contribution >= 0.6 is 0 Å². The lowest BCUT2D eigenvalue weighted by Gasteiger charge is -2.05. The second-order valence-electron chi connectivity index (χ2n) is 4.70. The number of rotatable bonds is 4. The van der Waals surface area contributed by atoms with E-state index in [9.17, 15) is 4.79 Å². The van der Waals surface area contributed by atoms with Crippen LogP contribution in [0.2, 0.25) is 0 Å². The number of hydrogen-bond donors (Lipinski definition) is 1. The molecular weight excluding hydrogens is 292 g/mol. The number of fused-ring (bicyclic) bond motifs is 1. The molecule has 0 bridgehead atoms.